The highest BCUT2D eigenvalue weighted by Crippen LogP contribution is 2.78. The largest absolute Gasteiger partial charge is 0.338 e. The Morgan fingerprint density at radius 3 is 2.58 bits per heavy atom. The van der Waals surface area contributed by atoms with Crippen LogP contribution in [0.15, 0.2) is 42.0 Å². The molecule has 2 aliphatic carbocycles. The number of likely N-dealkylation sites (tertiary alicyclic amines) is 1. The maximum absolute atomic E-state index is 13.3. The number of nitriles is 1. The highest BCUT2D eigenvalue weighted by atomic mass is 16.2. The van der Waals surface area contributed by atoms with Crippen molar-refractivity contribution in [2.45, 2.75) is 33.2 Å². The Kier molecular flexibility index (Phi) is 2.88. The van der Waals surface area contributed by atoms with Gasteiger partial charge in [0.1, 0.15) is 6.07 Å². The average molecular weight is 320 g/mol. The summed E-state index contributed by atoms with van der Waals surface area (Å²) in [6.45, 7) is 5.09. The topological polar surface area (TPSA) is 61.2 Å². The van der Waals surface area contributed by atoms with Gasteiger partial charge in [0.2, 0.25) is 5.91 Å². The van der Waals surface area contributed by atoms with Crippen LogP contribution in [-0.4, -0.2) is 23.1 Å². The number of carbonyl (C=O) groups is 2. The first-order valence-corrected chi connectivity index (χ1v) is 8.39. The summed E-state index contributed by atoms with van der Waals surface area (Å²) in [4.78, 5) is 27.7. The highest BCUT2D eigenvalue weighted by molar-refractivity contribution is 6.09. The highest BCUT2D eigenvalue weighted by Gasteiger charge is 2.79. The Bertz CT molecular complexity index is 822. The van der Waals surface area contributed by atoms with Crippen LogP contribution in [0.2, 0.25) is 0 Å². The lowest BCUT2D eigenvalue weighted by Gasteiger charge is -2.48. The lowest BCUT2D eigenvalue weighted by atomic mass is 9.60. The van der Waals surface area contributed by atoms with Crippen molar-refractivity contribution in [3.8, 4) is 6.07 Å². The molecule has 1 spiro atoms. The number of benzene rings is 1. The number of piperidine rings is 1. The quantitative estimate of drug-likeness (QED) is 0.842. The summed E-state index contributed by atoms with van der Waals surface area (Å²) in [7, 11) is 0. The van der Waals surface area contributed by atoms with Crippen LogP contribution in [0.4, 0.5) is 0 Å². The summed E-state index contributed by atoms with van der Waals surface area (Å²) < 4.78 is 0. The molecule has 122 valence electrons. The smallest absolute Gasteiger partial charge is 0.233 e. The van der Waals surface area contributed by atoms with E-state index in [1.54, 1.807) is 6.08 Å². The molecule has 1 amide bonds. The molecule has 0 aromatic heterocycles. The zero-order chi connectivity index (χ0) is 17.2. The molecule has 3 aliphatic rings. The van der Waals surface area contributed by atoms with Crippen molar-refractivity contribution in [2.75, 3.05) is 6.54 Å². The fraction of sp³-hybridized carbons (Fsp3) is 0.450. The monoisotopic (exact) mass is 320 g/mol. The molecule has 0 N–H and O–H groups in total. The summed E-state index contributed by atoms with van der Waals surface area (Å²) in [5.74, 6) is -0.0339. The van der Waals surface area contributed by atoms with E-state index in [2.05, 4.69) is 0 Å². The fourth-order valence-corrected chi connectivity index (χ4v) is 5.09. The van der Waals surface area contributed by atoms with Gasteiger partial charge in [-0.3, -0.25) is 9.59 Å². The van der Waals surface area contributed by atoms with Gasteiger partial charge in [0.15, 0.2) is 5.78 Å². The van der Waals surface area contributed by atoms with Crippen LogP contribution in [0, 0.1) is 27.6 Å². The second kappa shape index (κ2) is 4.57. The summed E-state index contributed by atoms with van der Waals surface area (Å²) in [5, 5.41) is 9.34. The Labute approximate surface area is 141 Å². The molecular formula is C20H20N2O2. The molecule has 4 nitrogen and oxygen atoms in total. The van der Waals surface area contributed by atoms with Gasteiger partial charge in [0.05, 0.1) is 11.0 Å². The van der Waals surface area contributed by atoms with E-state index in [-0.39, 0.29) is 22.7 Å². The van der Waals surface area contributed by atoms with Crippen LogP contribution in [0.25, 0.3) is 0 Å². The zero-order valence-electron chi connectivity index (χ0n) is 14.0. The molecule has 1 aliphatic heterocycles. The van der Waals surface area contributed by atoms with Gasteiger partial charge >= 0.3 is 0 Å². The third-order valence-corrected chi connectivity index (χ3v) is 6.64. The second-order valence-electron chi connectivity index (χ2n) is 7.75. The van der Waals surface area contributed by atoms with Crippen molar-refractivity contribution in [3.05, 3.63) is 47.5 Å². The van der Waals surface area contributed by atoms with Gasteiger partial charge in [-0.25, -0.2) is 0 Å². The van der Waals surface area contributed by atoms with Crippen molar-refractivity contribution in [1.29, 1.82) is 5.26 Å². The molecule has 1 heterocycles. The molecule has 1 aromatic rings. The summed E-state index contributed by atoms with van der Waals surface area (Å²) in [6, 6.07) is 11.9. The fourth-order valence-electron chi connectivity index (χ4n) is 5.09. The number of hydrogen-bond acceptors (Lipinski definition) is 3. The predicted molar refractivity (Wildman–Crippen MR) is 88.4 cm³/mol. The summed E-state index contributed by atoms with van der Waals surface area (Å²) in [5.41, 5.74) is -0.353. The predicted octanol–water partition coefficient (Wildman–Crippen LogP) is 2.85. The van der Waals surface area contributed by atoms with Crippen molar-refractivity contribution in [2.24, 2.45) is 16.2 Å². The van der Waals surface area contributed by atoms with Gasteiger partial charge in [-0.05, 0) is 31.4 Å². The van der Waals surface area contributed by atoms with E-state index >= 15 is 0 Å². The Balaban J connectivity index is 1.72. The number of carbonyl (C=O) groups excluding carboxylic acids is 2. The zero-order valence-corrected chi connectivity index (χ0v) is 14.0. The van der Waals surface area contributed by atoms with E-state index in [0.717, 1.165) is 12.0 Å². The van der Waals surface area contributed by atoms with E-state index in [4.69, 9.17) is 0 Å². The molecule has 4 rings (SSSR count). The van der Waals surface area contributed by atoms with Crippen LogP contribution < -0.4 is 0 Å². The number of amides is 1. The molecule has 2 fully saturated rings. The van der Waals surface area contributed by atoms with Crippen molar-refractivity contribution < 1.29 is 9.59 Å². The van der Waals surface area contributed by atoms with Gasteiger partial charge in [-0.15, -0.1) is 0 Å². The number of rotatable bonds is 2. The Morgan fingerprint density at radius 2 is 1.92 bits per heavy atom. The minimum atomic E-state index is -0.756. The molecule has 0 radical (unpaired) electrons. The Hall–Kier alpha value is -2.41. The summed E-state index contributed by atoms with van der Waals surface area (Å²) >= 11 is 0. The molecule has 24 heavy (non-hydrogen) atoms. The van der Waals surface area contributed by atoms with E-state index in [1.165, 1.54) is 0 Å². The minimum absolute atomic E-state index is 0.0431. The normalized spacial score (nSPS) is 37.2. The van der Waals surface area contributed by atoms with E-state index < -0.39 is 10.8 Å². The first-order valence-electron chi connectivity index (χ1n) is 8.39. The average Bonchev–Trinajstić information content (AvgIpc) is 3.22. The second-order valence-corrected chi connectivity index (χ2v) is 7.75. The number of allylic oxidation sites excluding steroid dienone is 1. The lowest BCUT2D eigenvalue weighted by Crippen LogP contribution is -2.56. The van der Waals surface area contributed by atoms with Crippen LogP contribution >= 0.6 is 0 Å². The van der Waals surface area contributed by atoms with Crippen LogP contribution in [-0.2, 0) is 16.1 Å². The third-order valence-electron chi connectivity index (χ3n) is 6.64. The number of Topliss-reactive ketones (excluding diaryl/α,β-unsaturated/α-hetero) is 1. The SMILES string of the molecule is CC12C[C@]13CCN(Cc1ccccc1)C(=O)[C@@]3(C)C=C(C#N)C2=O. The lowest BCUT2D eigenvalue weighted by molar-refractivity contribution is -0.151. The molecule has 4 heteroatoms. The number of ketones is 1. The van der Waals surface area contributed by atoms with Gasteiger partial charge in [-0.1, -0.05) is 37.3 Å². The van der Waals surface area contributed by atoms with Gasteiger partial charge in [0, 0.05) is 23.9 Å². The minimum Gasteiger partial charge on any atom is -0.338 e. The molecule has 1 aromatic carbocycles. The molecule has 0 bridgehead atoms. The van der Waals surface area contributed by atoms with Crippen LogP contribution in [0.1, 0.15) is 32.3 Å². The number of nitrogens with zero attached hydrogens (tertiary/aromatic N) is 2. The van der Waals surface area contributed by atoms with Crippen molar-refractivity contribution in [3.63, 3.8) is 0 Å². The summed E-state index contributed by atoms with van der Waals surface area (Å²) in [6.07, 6.45) is 3.19. The standard InChI is InChI=1S/C20H20N2O2/c1-18-10-15(11-21)16(23)19(2)13-20(18,19)8-9-22(17(18)24)12-14-6-4-3-5-7-14/h3-7,10H,8-9,12-13H2,1-2H3/t18-,19?,20+/m1/s1. The van der Waals surface area contributed by atoms with Gasteiger partial charge in [0.25, 0.3) is 0 Å². The molecular weight excluding hydrogens is 300 g/mol. The van der Waals surface area contributed by atoms with Crippen LogP contribution in [0.3, 0.4) is 0 Å². The molecule has 1 saturated carbocycles. The van der Waals surface area contributed by atoms with E-state index in [0.29, 0.717) is 19.5 Å². The van der Waals surface area contributed by atoms with Crippen molar-refractivity contribution >= 4 is 11.7 Å². The van der Waals surface area contributed by atoms with Crippen molar-refractivity contribution in [1.82, 2.24) is 4.90 Å². The molecule has 3 atom stereocenters. The van der Waals surface area contributed by atoms with E-state index in [1.807, 2.05) is 55.1 Å². The molecule has 1 unspecified atom stereocenters. The number of hydrogen-bond donors (Lipinski definition) is 0. The molecule has 1 saturated heterocycles. The van der Waals surface area contributed by atoms with Gasteiger partial charge in [-0.2, -0.15) is 5.26 Å². The van der Waals surface area contributed by atoms with Gasteiger partial charge < -0.3 is 4.90 Å². The third kappa shape index (κ3) is 1.62. The van der Waals surface area contributed by atoms with E-state index in [9.17, 15) is 14.9 Å². The first kappa shape index (κ1) is 15.1. The first-order chi connectivity index (χ1) is 11.4. The maximum Gasteiger partial charge on any atom is 0.233 e. The maximum atomic E-state index is 13.3. The van der Waals surface area contributed by atoms with Crippen LogP contribution in [0.5, 0.6) is 0 Å². The Morgan fingerprint density at radius 1 is 1.21 bits per heavy atom.